The number of hydrogen-bond acceptors (Lipinski definition) is 7. The van der Waals surface area contributed by atoms with E-state index in [4.69, 9.17) is 9.15 Å². The van der Waals surface area contributed by atoms with Crippen molar-refractivity contribution in [1.29, 1.82) is 0 Å². The molecule has 1 amide bonds. The quantitative estimate of drug-likeness (QED) is 0.560. The number of methoxy groups -OCH3 is 1. The molecule has 0 radical (unpaired) electrons. The number of piperazine rings is 1. The van der Waals surface area contributed by atoms with Crippen LogP contribution in [0.25, 0.3) is 11.4 Å². The maximum atomic E-state index is 12.7. The molecule has 0 bridgehead atoms. The number of aromatic nitrogens is 3. The van der Waals surface area contributed by atoms with Crippen LogP contribution in [0.1, 0.15) is 5.76 Å². The Bertz CT molecular complexity index is 1010. The molecule has 0 saturated carbocycles. The van der Waals surface area contributed by atoms with Gasteiger partial charge in [0.25, 0.3) is 0 Å². The predicted molar refractivity (Wildman–Crippen MR) is 116 cm³/mol. The summed E-state index contributed by atoms with van der Waals surface area (Å²) in [6.45, 7) is 4.95. The standard InChI is InChI=1S/C21H25N5O3S/c1-15-18(8-13-29-15)20-22-23-21(24(20)2)30-14-19(27)26-11-9-25(10-12-26)16-4-6-17(28-3)7-5-16/h4-8,13H,9-12,14H2,1-3H3. The van der Waals surface area contributed by atoms with E-state index in [1.54, 1.807) is 13.4 Å². The molecular formula is C21H25N5O3S. The number of hydrogen-bond donors (Lipinski definition) is 0. The number of rotatable bonds is 6. The molecule has 8 nitrogen and oxygen atoms in total. The van der Waals surface area contributed by atoms with Crippen LogP contribution in [0.2, 0.25) is 0 Å². The molecule has 4 rings (SSSR count). The third-order valence-electron chi connectivity index (χ3n) is 5.33. The second-order valence-corrected chi connectivity index (χ2v) is 8.05. The van der Waals surface area contributed by atoms with Gasteiger partial charge in [-0.3, -0.25) is 4.79 Å². The Morgan fingerprint density at radius 3 is 2.50 bits per heavy atom. The lowest BCUT2D eigenvalue weighted by Crippen LogP contribution is -2.49. The van der Waals surface area contributed by atoms with E-state index in [0.717, 1.165) is 46.8 Å². The minimum Gasteiger partial charge on any atom is -0.497 e. The SMILES string of the molecule is COc1ccc(N2CCN(C(=O)CSc3nnc(-c4ccoc4C)n3C)CC2)cc1. The monoisotopic (exact) mass is 427 g/mol. The summed E-state index contributed by atoms with van der Waals surface area (Å²) < 4.78 is 12.5. The van der Waals surface area contributed by atoms with Gasteiger partial charge in [-0.2, -0.15) is 0 Å². The lowest BCUT2D eigenvalue weighted by Gasteiger charge is -2.36. The minimum absolute atomic E-state index is 0.124. The Morgan fingerprint density at radius 2 is 1.87 bits per heavy atom. The maximum absolute atomic E-state index is 12.7. The van der Waals surface area contributed by atoms with E-state index in [2.05, 4.69) is 27.2 Å². The predicted octanol–water partition coefficient (Wildman–Crippen LogP) is 2.83. The van der Waals surface area contributed by atoms with Crippen molar-refractivity contribution in [1.82, 2.24) is 19.7 Å². The summed E-state index contributed by atoms with van der Waals surface area (Å²) in [6, 6.07) is 9.91. The van der Waals surface area contributed by atoms with Gasteiger partial charge in [-0.1, -0.05) is 11.8 Å². The van der Waals surface area contributed by atoms with Crippen LogP contribution in [0, 0.1) is 6.92 Å². The number of benzene rings is 1. The summed E-state index contributed by atoms with van der Waals surface area (Å²) >= 11 is 1.41. The molecule has 3 aromatic rings. The Morgan fingerprint density at radius 1 is 1.13 bits per heavy atom. The molecule has 0 unspecified atom stereocenters. The summed E-state index contributed by atoms with van der Waals surface area (Å²) in [5.41, 5.74) is 2.07. The van der Waals surface area contributed by atoms with Gasteiger partial charge in [0.15, 0.2) is 11.0 Å². The first-order valence-corrected chi connectivity index (χ1v) is 10.8. The fourth-order valence-corrected chi connectivity index (χ4v) is 4.33. The van der Waals surface area contributed by atoms with Crippen LogP contribution < -0.4 is 9.64 Å². The molecule has 1 aromatic carbocycles. The van der Waals surface area contributed by atoms with Crippen molar-refractivity contribution < 1.29 is 13.9 Å². The number of carbonyl (C=O) groups is 1. The van der Waals surface area contributed by atoms with Crippen molar-refractivity contribution >= 4 is 23.4 Å². The third-order valence-corrected chi connectivity index (χ3v) is 6.33. The normalized spacial score (nSPS) is 14.2. The van der Waals surface area contributed by atoms with Crippen molar-refractivity contribution in [3.05, 3.63) is 42.4 Å². The van der Waals surface area contributed by atoms with Gasteiger partial charge < -0.3 is 23.5 Å². The topological polar surface area (TPSA) is 76.6 Å². The Kier molecular flexibility index (Phi) is 5.98. The molecule has 30 heavy (non-hydrogen) atoms. The lowest BCUT2D eigenvalue weighted by atomic mass is 10.2. The number of nitrogens with zero attached hydrogens (tertiary/aromatic N) is 5. The van der Waals surface area contributed by atoms with Crippen molar-refractivity contribution in [3.8, 4) is 17.1 Å². The van der Waals surface area contributed by atoms with E-state index in [9.17, 15) is 4.79 Å². The van der Waals surface area contributed by atoms with Crippen molar-refractivity contribution in [3.63, 3.8) is 0 Å². The van der Waals surface area contributed by atoms with Gasteiger partial charge in [0.2, 0.25) is 5.91 Å². The second kappa shape index (κ2) is 8.83. The number of furan rings is 1. The highest BCUT2D eigenvalue weighted by Gasteiger charge is 2.22. The van der Waals surface area contributed by atoms with Gasteiger partial charge in [-0.05, 0) is 37.3 Å². The Labute approximate surface area is 179 Å². The fraction of sp³-hybridized carbons (Fsp3) is 0.381. The average Bonchev–Trinajstić information content (AvgIpc) is 3.37. The highest BCUT2D eigenvalue weighted by molar-refractivity contribution is 7.99. The van der Waals surface area contributed by atoms with Crippen LogP contribution in [0.4, 0.5) is 5.69 Å². The maximum Gasteiger partial charge on any atom is 0.233 e. The molecule has 1 aliphatic heterocycles. The van der Waals surface area contributed by atoms with Crippen molar-refractivity contribution in [2.45, 2.75) is 12.1 Å². The molecule has 0 N–H and O–H groups in total. The zero-order valence-corrected chi connectivity index (χ0v) is 18.2. The Hall–Kier alpha value is -2.94. The highest BCUT2D eigenvalue weighted by Crippen LogP contribution is 2.26. The number of amides is 1. The molecule has 0 spiro atoms. The van der Waals surface area contributed by atoms with E-state index in [1.165, 1.54) is 11.8 Å². The molecule has 1 saturated heterocycles. The highest BCUT2D eigenvalue weighted by atomic mass is 32.2. The molecule has 9 heteroatoms. The number of carbonyl (C=O) groups excluding carboxylic acids is 1. The van der Waals surface area contributed by atoms with Crippen LogP contribution in [0.5, 0.6) is 5.75 Å². The lowest BCUT2D eigenvalue weighted by molar-refractivity contribution is -0.128. The minimum atomic E-state index is 0.124. The van der Waals surface area contributed by atoms with Crippen LogP contribution >= 0.6 is 11.8 Å². The summed E-state index contributed by atoms with van der Waals surface area (Å²) in [5, 5.41) is 9.22. The first-order valence-electron chi connectivity index (χ1n) is 9.80. The molecule has 3 heterocycles. The number of aryl methyl sites for hydroxylation is 1. The summed E-state index contributed by atoms with van der Waals surface area (Å²) in [6.07, 6.45) is 1.64. The number of ether oxygens (including phenoxy) is 1. The largest absolute Gasteiger partial charge is 0.497 e. The van der Waals surface area contributed by atoms with E-state index in [1.807, 2.05) is 41.6 Å². The van der Waals surface area contributed by atoms with E-state index in [0.29, 0.717) is 18.8 Å². The molecular weight excluding hydrogens is 402 g/mol. The first-order chi connectivity index (χ1) is 14.6. The first kappa shape index (κ1) is 20.3. The van der Waals surface area contributed by atoms with E-state index >= 15 is 0 Å². The molecule has 1 aliphatic rings. The number of anilines is 1. The molecule has 0 aliphatic carbocycles. The zero-order valence-electron chi connectivity index (χ0n) is 17.4. The van der Waals surface area contributed by atoms with Gasteiger partial charge in [-0.15, -0.1) is 10.2 Å². The second-order valence-electron chi connectivity index (χ2n) is 7.11. The summed E-state index contributed by atoms with van der Waals surface area (Å²) in [5.74, 6) is 2.86. The van der Waals surface area contributed by atoms with Gasteiger partial charge in [0.05, 0.1) is 24.7 Å². The molecule has 158 valence electrons. The molecule has 0 atom stereocenters. The van der Waals surface area contributed by atoms with Crippen LogP contribution in [-0.2, 0) is 11.8 Å². The average molecular weight is 428 g/mol. The van der Waals surface area contributed by atoms with Gasteiger partial charge in [-0.25, -0.2) is 0 Å². The van der Waals surface area contributed by atoms with Crippen molar-refractivity contribution in [2.75, 3.05) is 43.9 Å². The van der Waals surface area contributed by atoms with Crippen molar-refractivity contribution in [2.24, 2.45) is 7.05 Å². The third kappa shape index (κ3) is 4.16. The fourth-order valence-electron chi connectivity index (χ4n) is 3.52. The molecule has 1 fully saturated rings. The van der Waals surface area contributed by atoms with E-state index < -0.39 is 0 Å². The van der Waals surface area contributed by atoms with Gasteiger partial charge in [0.1, 0.15) is 11.5 Å². The summed E-state index contributed by atoms with van der Waals surface area (Å²) in [4.78, 5) is 16.9. The Balaban J connectivity index is 1.30. The summed E-state index contributed by atoms with van der Waals surface area (Å²) in [7, 11) is 3.57. The van der Waals surface area contributed by atoms with Gasteiger partial charge in [0, 0.05) is 38.9 Å². The van der Waals surface area contributed by atoms with Crippen LogP contribution in [-0.4, -0.2) is 64.6 Å². The van der Waals surface area contributed by atoms with Crippen LogP contribution in [0.3, 0.4) is 0 Å². The number of thioether (sulfide) groups is 1. The smallest absolute Gasteiger partial charge is 0.233 e. The van der Waals surface area contributed by atoms with Gasteiger partial charge >= 0.3 is 0 Å². The van der Waals surface area contributed by atoms with E-state index in [-0.39, 0.29) is 5.91 Å². The molecule has 2 aromatic heterocycles. The zero-order chi connectivity index (χ0) is 21.1. The van der Waals surface area contributed by atoms with Crippen LogP contribution in [0.15, 0.2) is 46.2 Å².